The third-order valence-corrected chi connectivity index (χ3v) is 14.0. The lowest BCUT2D eigenvalue weighted by Crippen LogP contribution is -2.48. The highest BCUT2D eigenvalue weighted by molar-refractivity contribution is 5.97. The molecular formula is C58H47N. The van der Waals surface area contributed by atoms with Crippen LogP contribution in [-0.4, -0.2) is 0 Å². The lowest BCUT2D eigenvalue weighted by molar-refractivity contribution is 0.457. The molecule has 3 aliphatic rings. The summed E-state index contributed by atoms with van der Waals surface area (Å²) in [6.07, 6.45) is 10.0. The Kier molecular flexibility index (Phi) is 7.91. The molecule has 0 radical (unpaired) electrons. The van der Waals surface area contributed by atoms with E-state index in [1.165, 1.54) is 66.1 Å². The number of anilines is 3. The van der Waals surface area contributed by atoms with Crippen molar-refractivity contribution in [2.24, 2.45) is 5.92 Å². The van der Waals surface area contributed by atoms with Gasteiger partial charge >= 0.3 is 0 Å². The van der Waals surface area contributed by atoms with Crippen molar-refractivity contribution in [2.75, 3.05) is 4.90 Å². The highest BCUT2D eigenvalue weighted by Crippen LogP contribution is 2.62. The quantitative estimate of drug-likeness (QED) is 0.153. The van der Waals surface area contributed by atoms with E-state index in [0.29, 0.717) is 5.92 Å². The molecule has 1 heteroatoms. The van der Waals surface area contributed by atoms with E-state index in [9.17, 15) is 0 Å². The van der Waals surface area contributed by atoms with E-state index in [4.69, 9.17) is 0 Å². The van der Waals surface area contributed by atoms with Crippen molar-refractivity contribution in [3.63, 3.8) is 0 Å². The molecule has 0 fully saturated rings. The van der Waals surface area contributed by atoms with Gasteiger partial charge in [0.25, 0.3) is 0 Å². The van der Waals surface area contributed by atoms with Crippen molar-refractivity contribution in [1.82, 2.24) is 0 Å². The second-order valence-corrected chi connectivity index (χ2v) is 17.5. The fourth-order valence-electron chi connectivity index (χ4n) is 11.1. The van der Waals surface area contributed by atoms with Gasteiger partial charge in [0.15, 0.2) is 0 Å². The van der Waals surface area contributed by atoms with Gasteiger partial charge in [0.2, 0.25) is 0 Å². The van der Waals surface area contributed by atoms with E-state index < -0.39 is 0 Å². The zero-order valence-corrected chi connectivity index (χ0v) is 34.2. The molecule has 284 valence electrons. The maximum Gasteiger partial charge on any atom is 0.0462 e. The van der Waals surface area contributed by atoms with Crippen LogP contribution in [0.25, 0.3) is 43.8 Å². The van der Waals surface area contributed by atoms with Crippen molar-refractivity contribution < 1.29 is 0 Å². The Hall–Kier alpha value is -6.70. The summed E-state index contributed by atoms with van der Waals surface area (Å²) in [5.41, 5.74) is 14.8. The molecule has 4 atom stereocenters. The molecule has 8 aromatic rings. The minimum atomic E-state index is -0.277. The van der Waals surface area contributed by atoms with Gasteiger partial charge in [0.1, 0.15) is 0 Å². The number of hydrogen-bond acceptors (Lipinski definition) is 1. The first-order valence-corrected chi connectivity index (χ1v) is 21.1. The van der Waals surface area contributed by atoms with Crippen LogP contribution in [0.2, 0.25) is 0 Å². The Labute approximate surface area is 348 Å². The number of rotatable bonds is 6. The van der Waals surface area contributed by atoms with Gasteiger partial charge in [-0.2, -0.15) is 0 Å². The van der Waals surface area contributed by atoms with Crippen LogP contribution < -0.4 is 4.90 Å². The lowest BCUT2D eigenvalue weighted by atomic mass is 9.48. The van der Waals surface area contributed by atoms with Gasteiger partial charge < -0.3 is 4.90 Å². The van der Waals surface area contributed by atoms with Gasteiger partial charge in [0.05, 0.1) is 0 Å². The van der Waals surface area contributed by atoms with E-state index in [2.05, 4.69) is 239 Å². The Morgan fingerprint density at radius 2 is 0.932 bits per heavy atom. The topological polar surface area (TPSA) is 3.24 Å². The van der Waals surface area contributed by atoms with E-state index in [-0.39, 0.29) is 16.2 Å². The molecule has 0 spiro atoms. The summed E-state index contributed by atoms with van der Waals surface area (Å²) >= 11 is 0. The number of hydrogen-bond donors (Lipinski definition) is 0. The third kappa shape index (κ3) is 5.31. The zero-order chi connectivity index (χ0) is 39.9. The standard InChI is InChI=1S/C58H47N/c1-39-35-36-57(3)51-21-11-17-44-18-12-22-52(53(44)51)58(4)38-37-56(2,54(39)55(57)58)45-27-33-48(34-28-45)59(46-29-23-41(24-30-46)40-13-6-5-7-14-40)47-31-25-43(26-32-47)50-20-10-16-42-15-8-9-19-49(42)50/h5-39H,1-4H3. The molecule has 0 N–H and O–H groups in total. The summed E-state index contributed by atoms with van der Waals surface area (Å²) in [6.45, 7) is 9.77. The minimum Gasteiger partial charge on any atom is -0.311 e. The molecule has 11 rings (SSSR count). The summed E-state index contributed by atoms with van der Waals surface area (Å²) in [6, 6.07) is 67.1. The van der Waals surface area contributed by atoms with Crippen LogP contribution in [0.3, 0.4) is 0 Å². The van der Waals surface area contributed by atoms with Crippen LogP contribution >= 0.6 is 0 Å². The fourth-order valence-corrected chi connectivity index (χ4v) is 11.1. The van der Waals surface area contributed by atoms with Crippen LogP contribution in [-0.2, 0) is 16.2 Å². The number of fused-ring (bicyclic) bond motifs is 3. The van der Waals surface area contributed by atoms with E-state index in [1.807, 2.05) is 0 Å². The van der Waals surface area contributed by atoms with Crippen LogP contribution in [0.1, 0.15) is 44.4 Å². The maximum atomic E-state index is 2.53. The number of allylic oxidation sites excluding steroid dienone is 6. The van der Waals surface area contributed by atoms with Crippen molar-refractivity contribution >= 4 is 38.6 Å². The van der Waals surface area contributed by atoms with Crippen molar-refractivity contribution in [2.45, 2.75) is 43.9 Å². The zero-order valence-electron chi connectivity index (χ0n) is 34.2. The average Bonchev–Trinajstić information content (AvgIpc) is 3.29. The molecular weight excluding hydrogens is 711 g/mol. The molecule has 0 aromatic heterocycles. The molecule has 0 saturated heterocycles. The fraction of sp³-hybridized carbons (Fsp3) is 0.138. The second kappa shape index (κ2) is 13.2. The summed E-state index contributed by atoms with van der Waals surface area (Å²) in [4.78, 5) is 2.39. The molecule has 0 amide bonds. The van der Waals surface area contributed by atoms with Gasteiger partial charge in [-0.1, -0.05) is 177 Å². The molecule has 3 aliphatic carbocycles. The molecule has 59 heavy (non-hydrogen) atoms. The van der Waals surface area contributed by atoms with Gasteiger partial charge in [-0.25, -0.2) is 0 Å². The van der Waals surface area contributed by atoms with Crippen LogP contribution in [0.5, 0.6) is 0 Å². The smallest absolute Gasteiger partial charge is 0.0462 e. The summed E-state index contributed by atoms with van der Waals surface area (Å²) < 4.78 is 0. The molecule has 0 aliphatic heterocycles. The maximum absolute atomic E-state index is 2.53. The number of nitrogens with zero attached hydrogens (tertiary/aromatic N) is 1. The Bertz CT molecular complexity index is 2970. The highest BCUT2D eigenvalue weighted by Gasteiger charge is 2.54. The van der Waals surface area contributed by atoms with E-state index >= 15 is 0 Å². The second-order valence-electron chi connectivity index (χ2n) is 17.5. The largest absolute Gasteiger partial charge is 0.311 e. The monoisotopic (exact) mass is 757 g/mol. The normalized spacial score (nSPS) is 22.7. The minimum absolute atomic E-state index is 0.197. The van der Waals surface area contributed by atoms with E-state index in [1.54, 1.807) is 5.57 Å². The Morgan fingerprint density at radius 1 is 0.424 bits per heavy atom. The van der Waals surface area contributed by atoms with E-state index in [0.717, 1.165) is 17.1 Å². The molecule has 4 unspecified atom stereocenters. The van der Waals surface area contributed by atoms with Crippen LogP contribution in [0.4, 0.5) is 17.1 Å². The first kappa shape index (κ1) is 35.5. The summed E-state index contributed by atoms with van der Waals surface area (Å²) in [5, 5.41) is 5.27. The summed E-state index contributed by atoms with van der Waals surface area (Å²) in [7, 11) is 0. The molecule has 0 saturated carbocycles. The number of benzene rings is 8. The van der Waals surface area contributed by atoms with Crippen LogP contribution in [0, 0.1) is 5.92 Å². The predicted molar refractivity (Wildman–Crippen MR) is 250 cm³/mol. The van der Waals surface area contributed by atoms with Gasteiger partial charge in [-0.3, -0.25) is 0 Å². The Balaban J connectivity index is 1.01. The average molecular weight is 758 g/mol. The predicted octanol–water partition coefficient (Wildman–Crippen LogP) is 15.4. The van der Waals surface area contributed by atoms with Crippen molar-refractivity contribution in [1.29, 1.82) is 0 Å². The third-order valence-electron chi connectivity index (χ3n) is 14.0. The molecule has 0 heterocycles. The SMILES string of the molecule is CC1C=CC2(C)C3=C1C(C)(c1ccc(N(c4ccc(-c5ccccc5)cc4)c4ccc(-c5cccc6ccccc56)cc4)cc1)C=CC3(C)c1cccc3cccc2c13. The molecule has 0 bridgehead atoms. The Morgan fingerprint density at radius 3 is 1.61 bits per heavy atom. The van der Waals surface area contributed by atoms with Gasteiger partial charge in [0, 0.05) is 33.3 Å². The van der Waals surface area contributed by atoms with Crippen LogP contribution in [0.15, 0.2) is 217 Å². The molecule has 1 nitrogen and oxygen atoms in total. The molecule has 8 aromatic carbocycles. The van der Waals surface area contributed by atoms with Gasteiger partial charge in [-0.15, -0.1) is 0 Å². The first-order chi connectivity index (χ1) is 28.8. The highest BCUT2D eigenvalue weighted by atomic mass is 15.1. The van der Waals surface area contributed by atoms with Crippen molar-refractivity contribution in [3.05, 3.63) is 234 Å². The summed E-state index contributed by atoms with van der Waals surface area (Å²) in [5.74, 6) is 0.302. The van der Waals surface area contributed by atoms with Gasteiger partial charge in [-0.05, 0) is 135 Å². The van der Waals surface area contributed by atoms with Crippen molar-refractivity contribution in [3.8, 4) is 22.3 Å². The first-order valence-electron chi connectivity index (χ1n) is 21.1. The lowest BCUT2D eigenvalue weighted by Gasteiger charge is -2.55.